The topological polar surface area (TPSA) is 0 Å². The van der Waals surface area contributed by atoms with E-state index in [1.165, 1.54) is 16.7 Å². The van der Waals surface area contributed by atoms with Crippen molar-refractivity contribution in [3.63, 3.8) is 0 Å². The quantitative estimate of drug-likeness (QED) is 0.448. The zero-order valence-electron chi connectivity index (χ0n) is 13.9. The molecule has 0 heterocycles. The molecule has 0 bridgehead atoms. The summed E-state index contributed by atoms with van der Waals surface area (Å²) in [5.41, 5.74) is 4.29. The second-order valence-corrected chi connectivity index (χ2v) is 4.94. The van der Waals surface area contributed by atoms with E-state index >= 15 is 0 Å². The average Bonchev–Trinajstić information content (AvgIpc) is 3.31. The summed E-state index contributed by atoms with van der Waals surface area (Å²) in [6.45, 7) is 6.49. The third-order valence-corrected chi connectivity index (χ3v) is 3.42. The van der Waals surface area contributed by atoms with Gasteiger partial charge in [0.15, 0.2) is 0 Å². The van der Waals surface area contributed by atoms with Gasteiger partial charge in [0.25, 0.3) is 0 Å². The molecule has 0 aliphatic rings. The number of hydrogen-bond donors (Lipinski definition) is 0. The molecule has 0 aliphatic carbocycles. The standard InChI is InChI=1S/3C7H9.Gd/c3*1-2-7-5-3-4-6-7;/h3*3-6H,2H2,1H3;/q3*-1;+3. The van der Waals surface area contributed by atoms with Gasteiger partial charge >= 0.3 is 39.9 Å². The Bertz CT molecular complexity index is 431. The monoisotopic (exact) mass is 437 g/mol. The maximum absolute atomic E-state index is 2.16. The van der Waals surface area contributed by atoms with Crippen molar-refractivity contribution in [1.29, 1.82) is 0 Å². The second-order valence-electron chi connectivity index (χ2n) is 4.94. The summed E-state index contributed by atoms with van der Waals surface area (Å²) in [6, 6.07) is 25.2. The molecule has 119 valence electrons. The van der Waals surface area contributed by atoms with E-state index in [4.69, 9.17) is 0 Å². The maximum atomic E-state index is 2.16. The second kappa shape index (κ2) is 14.0. The van der Waals surface area contributed by atoms with E-state index in [0.717, 1.165) is 19.3 Å². The number of aryl methyl sites for hydroxylation is 3. The molecular weight excluding hydrogens is 409 g/mol. The average molecular weight is 437 g/mol. The Hall–Kier alpha value is -0.625. The summed E-state index contributed by atoms with van der Waals surface area (Å²) >= 11 is 0. The van der Waals surface area contributed by atoms with Crippen LogP contribution in [-0.2, 0) is 19.3 Å². The first-order valence-electron chi connectivity index (χ1n) is 7.91. The van der Waals surface area contributed by atoms with E-state index in [1.54, 1.807) is 0 Å². The van der Waals surface area contributed by atoms with Gasteiger partial charge in [-0.25, -0.2) is 36.4 Å². The van der Waals surface area contributed by atoms with Crippen LogP contribution in [0, 0.1) is 39.9 Å². The van der Waals surface area contributed by atoms with Gasteiger partial charge in [-0.3, -0.25) is 0 Å². The third kappa shape index (κ3) is 9.40. The van der Waals surface area contributed by atoms with Gasteiger partial charge in [0, 0.05) is 0 Å². The molecule has 0 atom stereocenters. The van der Waals surface area contributed by atoms with Crippen LogP contribution in [0.4, 0.5) is 0 Å². The van der Waals surface area contributed by atoms with Crippen LogP contribution in [0.1, 0.15) is 37.5 Å². The molecule has 0 amide bonds. The Kier molecular flexibility index (Phi) is 13.6. The van der Waals surface area contributed by atoms with E-state index in [1.807, 2.05) is 0 Å². The fourth-order valence-electron chi connectivity index (χ4n) is 1.95. The number of hydrogen-bond acceptors (Lipinski definition) is 0. The van der Waals surface area contributed by atoms with Gasteiger partial charge in [0.05, 0.1) is 0 Å². The van der Waals surface area contributed by atoms with E-state index in [0.29, 0.717) is 0 Å². The van der Waals surface area contributed by atoms with Crippen LogP contribution < -0.4 is 0 Å². The number of rotatable bonds is 3. The minimum atomic E-state index is 0. The molecule has 3 aromatic rings. The molecule has 0 fully saturated rings. The Balaban J connectivity index is 0.000000294. The summed E-state index contributed by atoms with van der Waals surface area (Å²) in [4.78, 5) is 0. The zero-order chi connectivity index (χ0) is 15.3. The van der Waals surface area contributed by atoms with Crippen LogP contribution >= 0.6 is 0 Å². The van der Waals surface area contributed by atoms with Crippen LogP contribution in [0.5, 0.6) is 0 Å². The van der Waals surface area contributed by atoms with Crippen molar-refractivity contribution < 1.29 is 39.9 Å². The minimum Gasteiger partial charge on any atom is -0.213 e. The summed E-state index contributed by atoms with van der Waals surface area (Å²) in [5.74, 6) is 0. The molecule has 3 rings (SSSR count). The predicted octanol–water partition coefficient (Wildman–Crippen LogP) is 5.90. The fraction of sp³-hybridized carbons (Fsp3) is 0.286. The smallest absolute Gasteiger partial charge is 0.213 e. The van der Waals surface area contributed by atoms with E-state index in [2.05, 4.69) is 93.6 Å². The third-order valence-electron chi connectivity index (χ3n) is 3.42. The van der Waals surface area contributed by atoms with Gasteiger partial charge in [-0.05, 0) is 0 Å². The largest absolute Gasteiger partial charge is 3.00 e. The van der Waals surface area contributed by atoms with E-state index < -0.39 is 0 Å². The Morgan fingerprint density at radius 2 is 0.636 bits per heavy atom. The van der Waals surface area contributed by atoms with Gasteiger partial charge in [0.2, 0.25) is 0 Å². The van der Waals surface area contributed by atoms with Gasteiger partial charge in [-0.1, -0.05) is 40.0 Å². The molecule has 1 heteroatoms. The van der Waals surface area contributed by atoms with Crippen molar-refractivity contribution in [2.45, 2.75) is 40.0 Å². The molecule has 0 unspecified atom stereocenters. The molecule has 0 N–H and O–H groups in total. The van der Waals surface area contributed by atoms with E-state index in [-0.39, 0.29) is 39.9 Å². The molecule has 0 saturated carbocycles. The molecule has 0 nitrogen and oxygen atoms in total. The van der Waals surface area contributed by atoms with Gasteiger partial charge in [-0.2, -0.15) is 53.1 Å². The first-order chi connectivity index (χ1) is 10.3. The first kappa shape index (κ1) is 21.4. The summed E-state index contributed by atoms with van der Waals surface area (Å²) in [5, 5.41) is 0. The molecule has 22 heavy (non-hydrogen) atoms. The van der Waals surface area contributed by atoms with Crippen LogP contribution in [0.25, 0.3) is 0 Å². The van der Waals surface area contributed by atoms with Gasteiger partial charge < -0.3 is 0 Å². The summed E-state index contributed by atoms with van der Waals surface area (Å²) in [7, 11) is 0. The Morgan fingerprint density at radius 3 is 0.727 bits per heavy atom. The summed E-state index contributed by atoms with van der Waals surface area (Å²) in [6.07, 6.45) is 3.48. The first-order valence-corrected chi connectivity index (χ1v) is 7.91. The van der Waals surface area contributed by atoms with Crippen molar-refractivity contribution in [3.8, 4) is 0 Å². The molecule has 0 saturated heterocycles. The van der Waals surface area contributed by atoms with Crippen molar-refractivity contribution >= 4 is 0 Å². The fourth-order valence-corrected chi connectivity index (χ4v) is 1.95. The molecule has 3 aromatic carbocycles. The van der Waals surface area contributed by atoms with Crippen molar-refractivity contribution in [1.82, 2.24) is 0 Å². The van der Waals surface area contributed by atoms with Crippen molar-refractivity contribution in [2.75, 3.05) is 0 Å². The van der Waals surface area contributed by atoms with Gasteiger partial charge in [-0.15, -0.1) is 0 Å². The molecule has 0 aromatic heterocycles. The normalized spacial score (nSPS) is 8.86. The molecule has 0 aliphatic heterocycles. The van der Waals surface area contributed by atoms with Crippen LogP contribution in [0.15, 0.2) is 72.8 Å². The maximum Gasteiger partial charge on any atom is 3.00 e. The van der Waals surface area contributed by atoms with Gasteiger partial charge in [0.1, 0.15) is 0 Å². The molecule has 0 spiro atoms. The van der Waals surface area contributed by atoms with Crippen LogP contribution in [0.2, 0.25) is 0 Å². The predicted molar refractivity (Wildman–Crippen MR) is 94.2 cm³/mol. The Morgan fingerprint density at radius 1 is 0.455 bits per heavy atom. The minimum absolute atomic E-state index is 0. The van der Waals surface area contributed by atoms with Crippen LogP contribution in [-0.4, -0.2) is 0 Å². The van der Waals surface area contributed by atoms with Crippen molar-refractivity contribution in [2.24, 2.45) is 0 Å². The Labute approximate surface area is 168 Å². The zero-order valence-corrected chi connectivity index (χ0v) is 16.2. The van der Waals surface area contributed by atoms with Crippen molar-refractivity contribution in [3.05, 3.63) is 89.5 Å². The molecular formula is C21H27Gd. The van der Waals surface area contributed by atoms with E-state index in [9.17, 15) is 0 Å². The van der Waals surface area contributed by atoms with Crippen LogP contribution in [0.3, 0.4) is 0 Å². The molecule has 1 radical (unpaired) electrons. The summed E-state index contributed by atoms with van der Waals surface area (Å²) < 4.78 is 0. The SMILES string of the molecule is CC[c-]1cccc1.CC[c-]1cccc1.CC[c-]1cccc1.[Gd+3].